The third kappa shape index (κ3) is 4.30. The molecule has 0 heterocycles. The van der Waals surface area contributed by atoms with Gasteiger partial charge in [0.1, 0.15) is 0 Å². The fourth-order valence-corrected chi connectivity index (χ4v) is 3.28. The van der Waals surface area contributed by atoms with E-state index in [1.807, 2.05) is 6.07 Å². The molecule has 132 valence electrons. The largest absolute Gasteiger partial charge is 0.352 e. The van der Waals surface area contributed by atoms with Crippen molar-refractivity contribution in [2.24, 2.45) is 0 Å². The molecule has 0 aliphatic rings. The van der Waals surface area contributed by atoms with Crippen LogP contribution in [-0.4, -0.2) is 5.11 Å². The second-order valence-corrected chi connectivity index (χ2v) is 7.03. The van der Waals surface area contributed by atoms with E-state index in [0.717, 1.165) is 5.69 Å². The summed E-state index contributed by atoms with van der Waals surface area (Å²) in [5.74, 6) is 0. The van der Waals surface area contributed by atoms with Crippen LogP contribution in [0.5, 0.6) is 0 Å². The van der Waals surface area contributed by atoms with E-state index in [1.54, 1.807) is 0 Å². The molecule has 0 aromatic heterocycles. The molecule has 3 rings (SSSR count). The summed E-state index contributed by atoms with van der Waals surface area (Å²) in [4.78, 5) is 0. The molecular weight excluding hydrogens is 336 g/mol. The Bertz CT molecular complexity index is 903. The van der Waals surface area contributed by atoms with Crippen molar-refractivity contribution in [3.05, 3.63) is 101 Å². The summed E-state index contributed by atoms with van der Waals surface area (Å²) in [5, 5.41) is 7.49. The number of hydrogen-bond donors (Lipinski definition) is 2. The quantitative estimate of drug-likeness (QED) is 0.585. The highest BCUT2D eigenvalue weighted by Crippen LogP contribution is 2.25. The van der Waals surface area contributed by atoms with Gasteiger partial charge in [-0.25, -0.2) is 0 Å². The summed E-state index contributed by atoms with van der Waals surface area (Å²) in [5.41, 5.74) is 7.07. The molecule has 0 saturated heterocycles. The van der Waals surface area contributed by atoms with E-state index < -0.39 is 0 Å². The summed E-state index contributed by atoms with van der Waals surface area (Å²) < 4.78 is 0. The third-order valence-electron chi connectivity index (χ3n) is 4.55. The van der Waals surface area contributed by atoms with E-state index in [0.29, 0.717) is 5.11 Å². The zero-order valence-corrected chi connectivity index (χ0v) is 16.2. The Kier molecular flexibility index (Phi) is 5.69. The fourth-order valence-electron chi connectivity index (χ4n) is 3.06. The fraction of sp³-hybridized carbons (Fsp3) is 0.174. The van der Waals surface area contributed by atoms with Crippen LogP contribution < -0.4 is 10.6 Å². The Morgan fingerprint density at radius 3 is 2.23 bits per heavy atom. The van der Waals surface area contributed by atoms with Crippen molar-refractivity contribution in [3.63, 3.8) is 0 Å². The second kappa shape index (κ2) is 8.15. The molecule has 2 nitrogen and oxygen atoms in total. The number of thiocarbonyl (C=S) groups is 1. The van der Waals surface area contributed by atoms with Crippen LogP contribution in [0.1, 0.15) is 33.9 Å². The van der Waals surface area contributed by atoms with Crippen molar-refractivity contribution in [1.29, 1.82) is 0 Å². The number of hydrogen-bond acceptors (Lipinski definition) is 1. The number of rotatable bonds is 4. The van der Waals surface area contributed by atoms with Crippen LogP contribution in [0.2, 0.25) is 0 Å². The Morgan fingerprint density at radius 2 is 1.50 bits per heavy atom. The Balaban J connectivity index is 1.87. The molecular formula is C23H24N2S. The van der Waals surface area contributed by atoms with Crippen LogP contribution in [0.25, 0.3) is 0 Å². The molecule has 0 spiro atoms. The van der Waals surface area contributed by atoms with Crippen molar-refractivity contribution >= 4 is 23.0 Å². The summed E-state index contributed by atoms with van der Waals surface area (Å²) in [6.45, 7) is 6.30. The highest BCUT2D eigenvalue weighted by molar-refractivity contribution is 7.80. The summed E-state index contributed by atoms with van der Waals surface area (Å²) >= 11 is 5.64. The van der Waals surface area contributed by atoms with Crippen molar-refractivity contribution in [2.75, 3.05) is 5.32 Å². The average molecular weight is 361 g/mol. The molecule has 0 aliphatic heterocycles. The first-order valence-corrected chi connectivity index (χ1v) is 9.20. The number of aryl methyl sites for hydroxylation is 3. The van der Waals surface area contributed by atoms with Gasteiger partial charge in [0, 0.05) is 5.69 Å². The molecule has 3 heteroatoms. The highest BCUT2D eigenvalue weighted by atomic mass is 32.1. The molecule has 0 radical (unpaired) electrons. The number of nitrogens with one attached hydrogen (secondary N) is 2. The minimum Gasteiger partial charge on any atom is -0.352 e. The van der Waals surface area contributed by atoms with Crippen molar-refractivity contribution in [1.82, 2.24) is 5.32 Å². The van der Waals surface area contributed by atoms with Crippen LogP contribution in [0, 0.1) is 20.8 Å². The van der Waals surface area contributed by atoms with Crippen LogP contribution in [0.4, 0.5) is 5.69 Å². The third-order valence-corrected chi connectivity index (χ3v) is 4.77. The molecule has 0 fully saturated rings. The number of benzene rings is 3. The minimum atomic E-state index is 0.00233. The van der Waals surface area contributed by atoms with Gasteiger partial charge in [0.25, 0.3) is 0 Å². The lowest BCUT2D eigenvalue weighted by Gasteiger charge is -2.24. The van der Waals surface area contributed by atoms with Gasteiger partial charge in [-0.15, -0.1) is 0 Å². The highest BCUT2D eigenvalue weighted by Gasteiger charge is 2.17. The molecule has 0 saturated carbocycles. The smallest absolute Gasteiger partial charge is 0.171 e. The molecule has 3 aromatic rings. The van der Waals surface area contributed by atoms with Gasteiger partial charge in [-0.2, -0.15) is 0 Å². The predicted octanol–water partition coefficient (Wildman–Crippen LogP) is 5.69. The maximum absolute atomic E-state index is 5.64. The van der Waals surface area contributed by atoms with Gasteiger partial charge in [0.15, 0.2) is 5.11 Å². The zero-order chi connectivity index (χ0) is 18.5. The first-order valence-electron chi connectivity index (χ1n) is 8.80. The summed E-state index contributed by atoms with van der Waals surface area (Å²) in [6, 6.07) is 25.2. The van der Waals surface area contributed by atoms with E-state index >= 15 is 0 Å². The van der Waals surface area contributed by atoms with Gasteiger partial charge in [-0.05, 0) is 66.9 Å². The molecule has 0 unspecified atom stereocenters. The SMILES string of the molecule is Cc1ccc(C)c(NC(=S)N[C@H](c2ccccc2)c2ccccc2C)c1. The molecule has 1 atom stereocenters. The van der Waals surface area contributed by atoms with Gasteiger partial charge in [0.05, 0.1) is 6.04 Å². The molecule has 26 heavy (non-hydrogen) atoms. The first kappa shape index (κ1) is 18.2. The second-order valence-electron chi connectivity index (χ2n) is 6.62. The monoisotopic (exact) mass is 360 g/mol. The van der Waals surface area contributed by atoms with Crippen molar-refractivity contribution in [2.45, 2.75) is 26.8 Å². The van der Waals surface area contributed by atoms with Crippen molar-refractivity contribution in [3.8, 4) is 0 Å². The predicted molar refractivity (Wildman–Crippen MR) is 115 cm³/mol. The summed E-state index contributed by atoms with van der Waals surface area (Å²) in [6.07, 6.45) is 0. The van der Waals surface area contributed by atoms with Crippen LogP contribution in [0.15, 0.2) is 72.8 Å². The van der Waals surface area contributed by atoms with Crippen molar-refractivity contribution < 1.29 is 0 Å². The molecule has 0 amide bonds. The molecule has 0 bridgehead atoms. The number of anilines is 1. The molecule has 2 N–H and O–H groups in total. The molecule has 3 aromatic carbocycles. The van der Waals surface area contributed by atoms with E-state index in [-0.39, 0.29) is 6.04 Å². The maximum Gasteiger partial charge on any atom is 0.171 e. The summed E-state index contributed by atoms with van der Waals surface area (Å²) in [7, 11) is 0. The standard InChI is InChI=1S/C23H24N2S/c1-16-13-14-18(3)21(15-16)24-23(26)25-22(19-10-5-4-6-11-19)20-12-8-7-9-17(20)2/h4-15,22H,1-3H3,(H2,24,25,26)/t22-/m1/s1. The van der Waals surface area contributed by atoms with Gasteiger partial charge in [0.2, 0.25) is 0 Å². The lowest BCUT2D eigenvalue weighted by Crippen LogP contribution is -2.33. The topological polar surface area (TPSA) is 24.1 Å². The van der Waals surface area contributed by atoms with Gasteiger partial charge < -0.3 is 10.6 Å². The minimum absolute atomic E-state index is 0.00233. The maximum atomic E-state index is 5.64. The average Bonchev–Trinajstić information content (AvgIpc) is 2.64. The van der Waals surface area contributed by atoms with Gasteiger partial charge >= 0.3 is 0 Å². The van der Waals surface area contributed by atoms with Gasteiger partial charge in [-0.1, -0.05) is 66.7 Å². The lowest BCUT2D eigenvalue weighted by atomic mass is 9.95. The first-order chi connectivity index (χ1) is 12.5. The van der Waals surface area contributed by atoms with Crippen LogP contribution >= 0.6 is 12.2 Å². The lowest BCUT2D eigenvalue weighted by molar-refractivity contribution is 0.762. The normalized spacial score (nSPS) is 11.7. The zero-order valence-electron chi connectivity index (χ0n) is 15.4. The van der Waals surface area contributed by atoms with E-state index in [4.69, 9.17) is 12.2 Å². The van der Waals surface area contributed by atoms with Gasteiger partial charge in [-0.3, -0.25) is 0 Å². The van der Waals surface area contributed by atoms with E-state index in [1.165, 1.54) is 27.8 Å². The Morgan fingerprint density at radius 1 is 0.808 bits per heavy atom. The molecule has 0 aliphatic carbocycles. The van der Waals surface area contributed by atoms with Crippen LogP contribution in [-0.2, 0) is 0 Å². The van der Waals surface area contributed by atoms with Crippen LogP contribution in [0.3, 0.4) is 0 Å². The Hall–Kier alpha value is -2.65. The van der Waals surface area contributed by atoms with E-state index in [9.17, 15) is 0 Å². The van der Waals surface area contributed by atoms with E-state index in [2.05, 4.69) is 98.1 Å². The Labute approximate surface area is 161 Å².